The SMILES string of the molecule is CC1(C)c2cccc(n2)-c2ccc(cc2)CCCCCc2ccc(c(O)c2)-c2cccc1n2. The van der Waals surface area contributed by atoms with Gasteiger partial charge in [-0.05, 0) is 87.1 Å². The highest BCUT2D eigenvalue weighted by Gasteiger charge is 2.27. The summed E-state index contributed by atoms with van der Waals surface area (Å²) >= 11 is 0. The number of phenolic OH excluding ortho intramolecular Hbond substituents is 1. The fraction of sp³-hybridized carbons (Fsp3) is 0.267. The van der Waals surface area contributed by atoms with Crippen LogP contribution in [0.4, 0.5) is 0 Å². The van der Waals surface area contributed by atoms with Crippen molar-refractivity contribution in [2.45, 2.75) is 51.4 Å². The van der Waals surface area contributed by atoms with Gasteiger partial charge in [0, 0.05) is 16.5 Å². The summed E-state index contributed by atoms with van der Waals surface area (Å²) in [6.07, 6.45) is 5.53. The predicted octanol–water partition coefficient (Wildman–Crippen LogP) is 7.11. The number of hydrogen-bond acceptors (Lipinski definition) is 3. The van der Waals surface area contributed by atoms with Crippen molar-refractivity contribution in [2.24, 2.45) is 0 Å². The molecule has 1 N–H and O–H groups in total. The lowest BCUT2D eigenvalue weighted by molar-refractivity contribution is 0.476. The molecule has 2 aromatic carbocycles. The molecule has 0 fully saturated rings. The molecule has 4 aliphatic rings. The van der Waals surface area contributed by atoms with E-state index < -0.39 is 0 Å². The third-order valence-corrected chi connectivity index (χ3v) is 6.80. The van der Waals surface area contributed by atoms with E-state index in [1.165, 1.54) is 24.0 Å². The highest BCUT2D eigenvalue weighted by atomic mass is 16.3. The highest BCUT2D eigenvalue weighted by Crippen LogP contribution is 2.34. The van der Waals surface area contributed by atoms with Crippen LogP contribution in [-0.2, 0) is 18.3 Å². The zero-order valence-corrected chi connectivity index (χ0v) is 19.4. The van der Waals surface area contributed by atoms with Gasteiger partial charge in [-0.2, -0.15) is 0 Å². The maximum atomic E-state index is 10.8. The van der Waals surface area contributed by atoms with Crippen molar-refractivity contribution in [1.82, 2.24) is 9.97 Å². The summed E-state index contributed by atoms with van der Waals surface area (Å²) in [5.41, 5.74) is 7.73. The van der Waals surface area contributed by atoms with Crippen molar-refractivity contribution in [3.8, 4) is 28.3 Å². The van der Waals surface area contributed by atoms with Crippen LogP contribution >= 0.6 is 0 Å². The van der Waals surface area contributed by atoms with Crippen LogP contribution in [0.15, 0.2) is 78.9 Å². The Morgan fingerprint density at radius 2 is 1.27 bits per heavy atom. The molecule has 0 unspecified atom stereocenters. The van der Waals surface area contributed by atoms with Crippen molar-refractivity contribution >= 4 is 0 Å². The lowest BCUT2D eigenvalue weighted by Crippen LogP contribution is -2.22. The fourth-order valence-corrected chi connectivity index (χ4v) is 4.63. The number of benzene rings is 2. The lowest BCUT2D eigenvalue weighted by Gasteiger charge is -2.25. The zero-order chi connectivity index (χ0) is 22.8. The Morgan fingerprint density at radius 1 is 0.667 bits per heavy atom. The molecule has 33 heavy (non-hydrogen) atoms. The van der Waals surface area contributed by atoms with E-state index in [1.54, 1.807) is 0 Å². The molecular weight excluding hydrogens is 404 g/mol. The Morgan fingerprint density at radius 3 is 1.97 bits per heavy atom. The Kier molecular flexibility index (Phi) is 5.72. The Balaban J connectivity index is 1.61. The Bertz CT molecular complexity index is 1270. The molecular formula is C30H30N2O. The minimum Gasteiger partial charge on any atom is -0.507 e. The summed E-state index contributed by atoms with van der Waals surface area (Å²) in [7, 11) is 0. The van der Waals surface area contributed by atoms with Crippen molar-refractivity contribution in [3.05, 3.63) is 101 Å². The maximum Gasteiger partial charge on any atom is 0.125 e. The van der Waals surface area contributed by atoms with Gasteiger partial charge in [0.05, 0.1) is 22.8 Å². The highest BCUT2D eigenvalue weighted by molar-refractivity contribution is 5.67. The summed E-state index contributed by atoms with van der Waals surface area (Å²) in [5.74, 6) is 0.295. The van der Waals surface area contributed by atoms with Gasteiger partial charge in [-0.25, -0.2) is 0 Å². The van der Waals surface area contributed by atoms with Crippen LogP contribution in [0.2, 0.25) is 0 Å². The maximum absolute atomic E-state index is 10.8. The molecule has 166 valence electrons. The van der Waals surface area contributed by atoms with E-state index in [0.29, 0.717) is 5.75 Å². The molecule has 0 spiro atoms. The number of aromatic hydroxyl groups is 1. The average Bonchev–Trinajstić information content (AvgIpc) is 2.84. The third kappa shape index (κ3) is 4.41. The standard InChI is InChI=1S/C30H30N2O/c1-30(2)28-12-6-10-25(31-28)23-17-14-21(15-18-23)8-4-3-5-9-22-16-19-24(27(33)20-22)26-11-7-13-29(30)32-26/h6-7,10-20,33H,3-5,8-9H2,1-2H3. The summed E-state index contributed by atoms with van der Waals surface area (Å²) in [6.45, 7) is 4.31. The molecule has 0 aliphatic carbocycles. The molecule has 4 aliphatic heterocycles. The second-order valence-corrected chi connectivity index (χ2v) is 9.55. The number of pyridine rings is 2. The van der Waals surface area contributed by atoms with Gasteiger partial charge in [0.25, 0.3) is 0 Å². The molecule has 4 aromatic rings. The zero-order valence-electron chi connectivity index (χ0n) is 19.4. The first kappa shape index (κ1) is 21.4. The molecule has 0 saturated heterocycles. The molecule has 3 nitrogen and oxygen atoms in total. The minimum atomic E-state index is -0.387. The number of hydrogen-bond donors (Lipinski definition) is 1. The lowest BCUT2D eigenvalue weighted by atomic mass is 9.84. The molecule has 0 saturated carbocycles. The fourth-order valence-electron chi connectivity index (χ4n) is 4.63. The summed E-state index contributed by atoms with van der Waals surface area (Å²) in [4.78, 5) is 10.0. The molecule has 0 atom stereocenters. The van der Waals surface area contributed by atoms with Crippen molar-refractivity contribution in [1.29, 1.82) is 0 Å². The summed E-state index contributed by atoms with van der Waals surface area (Å²) < 4.78 is 0. The molecule has 8 bridgehead atoms. The van der Waals surface area contributed by atoms with E-state index in [-0.39, 0.29) is 5.41 Å². The van der Waals surface area contributed by atoms with Gasteiger partial charge in [-0.1, -0.05) is 48.9 Å². The molecule has 2 aromatic heterocycles. The summed E-state index contributed by atoms with van der Waals surface area (Å²) in [5, 5.41) is 10.8. The van der Waals surface area contributed by atoms with Crippen LogP contribution < -0.4 is 0 Å². The van der Waals surface area contributed by atoms with Crippen LogP contribution in [0.3, 0.4) is 0 Å². The van der Waals surface area contributed by atoms with Gasteiger partial charge >= 0.3 is 0 Å². The van der Waals surface area contributed by atoms with Crippen LogP contribution in [0.5, 0.6) is 5.75 Å². The predicted molar refractivity (Wildman–Crippen MR) is 134 cm³/mol. The van der Waals surface area contributed by atoms with E-state index in [1.807, 2.05) is 30.3 Å². The number of rotatable bonds is 0. The van der Waals surface area contributed by atoms with Gasteiger partial charge in [0.15, 0.2) is 0 Å². The van der Waals surface area contributed by atoms with Gasteiger partial charge in [-0.15, -0.1) is 0 Å². The first-order valence-electron chi connectivity index (χ1n) is 11.9. The minimum absolute atomic E-state index is 0.295. The normalized spacial score (nSPS) is 15.3. The van der Waals surface area contributed by atoms with Crippen LogP contribution in [0.25, 0.3) is 22.5 Å². The van der Waals surface area contributed by atoms with E-state index in [4.69, 9.17) is 9.97 Å². The van der Waals surface area contributed by atoms with Crippen molar-refractivity contribution < 1.29 is 5.11 Å². The smallest absolute Gasteiger partial charge is 0.125 e. The molecule has 3 heteroatoms. The molecule has 8 rings (SSSR count). The van der Waals surface area contributed by atoms with E-state index in [9.17, 15) is 5.11 Å². The van der Waals surface area contributed by atoms with Gasteiger partial charge in [0.1, 0.15) is 5.75 Å². The average molecular weight is 435 g/mol. The van der Waals surface area contributed by atoms with E-state index in [2.05, 4.69) is 62.4 Å². The first-order valence-corrected chi connectivity index (χ1v) is 11.9. The van der Waals surface area contributed by atoms with Crippen LogP contribution in [-0.4, -0.2) is 15.1 Å². The Hall–Kier alpha value is -3.46. The monoisotopic (exact) mass is 434 g/mol. The topological polar surface area (TPSA) is 46.0 Å². The van der Waals surface area contributed by atoms with Crippen molar-refractivity contribution in [2.75, 3.05) is 0 Å². The summed E-state index contributed by atoms with van der Waals surface area (Å²) in [6, 6.07) is 27.1. The Labute approximate surface area is 196 Å². The third-order valence-electron chi connectivity index (χ3n) is 6.80. The second-order valence-electron chi connectivity index (χ2n) is 9.55. The number of phenols is 1. The van der Waals surface area contributed by atoms with Crippen LogP contribution in [0.1, 0.15) is 55.6 Å². The molecule has 0 amide bonds. The van der Waals surface area contributed by atoms with Gasteiger partial charge < -0.3 is 5.11 Å². The van der Waals surface area contributed by atoms with Gasteiger partial charge in [-0.3, -0.25) is 9.97 Å². The largest absolute Gasteiger partial charge is 0.507 e. The quantitative estimate of drug-likeness (QED) is 0.321. The van der Waals surface area contributed by atoms with E-state index in [0.717, 1.165) is 53.2 Å². The number of aromatic nitrogens is 2. The van der Waals surface area contributed by atoms with Crippen molar-refractivity contribution in [3.63, 3.8) is 0 Å². The molecule has 0 radical (unpaired) electrons. The second kappa shape index (κ2) is 8.82. The van der Waals surface area contributed by atoms with E-state index >= 15 is 0 Å². The molecule has 6 heterocycles. The first-order chi connectivity index (χ1) is 16.0. The number of aryl methyl sites for hydroxylation is 2. The number of nitrogens with zero attached hydrogens (tertiary/aromatic N) is 2. The van der Waals surface area contributed by atoms with Crippen LogP contribution in [0, 0.1) is 0 Å². The van der Waals surface area contributed by atoms with Gasteiger partial charge in [0.2, 0.25) is 0 Å².